The predicted octanol–water partition coefficient (Wildman–Crippen LogP) is 4.37. The maximum atomic E-state index is 13.5. The Morgan fingerprint density at radius 2 is 1.70 bits per heavy atom. The van der Waals surface area contributed by atoms with E-state index in [1.807, 2.05) is 0 Å². The maximum Gasteiger partial charge on any atom is 0.210 e. The number of rotatable bonds is 5. The molecule has 2 aromatic carbocycles. The van der Waals surface area contributed by atoms with Gasteiger partial charge < -0.3 is 14.2 Å². The number of methoxy groups -OCH3 is 2. The second-order valence-corrected chi connectivity index (χ2v) is 4.29. The van der Waals surface area contributed by atoms with E-state index in [0.29, 0.717) is 28.6 Å². The van der Waals surface area contributed by atoms with E-state index in [-0.39, 0.29) is 5.88 Å². The van der Waals surface area contributed by atoms with Gasteiger partial charge in [-0.2, -0.15) is 0 Å². The van der Waals surface area contributed by atoms with Gasteiger partial charge in [0.1, 0.15) is 11.6 Å². The first kappa shape index (κ1) is 14.5. The van der Waals surface area contributed by atoms with Crippen LogP contribution < -0.4 is 14.2 Å². The lowest BCUT2D eigenvalue weighted by Gasteiger charge is -2.14. The molecule has 0 atom stereocenters. The predicted molar refractivity (Wildman–Crippen MR) is 75.6 cm³/mol. The van der Waals surface area contributed by atoms with Crippen LogP contribution in [0.3, 0.4) is 0 Å². The zero-order chi connectivity index (χ0) is 14.5. The molecule has 0 aliphatic rings. The lowest BCUT2D eigenvalue weighted by Crippen LogP contribution is -1.95. The van der Waals surface area contributed by atoms with E-state index in [0.717, 1.165) is 0 Å². The summed E-state index contributed by atoms with van der Waals surface area (Å²) in [5.74, 6) is 1.53. The van der Waals surface area contributed by atoms with Crippen LogP contribution in [0.5, 0.6) is 23.0 Å². The van der Waals surface area contributed by atoms with Crippen molar-refractivity contribution in [2.24, 2.45) is 0 Å². The maximum absolute atomic E-state index is 13.5. The van der Waals surface area contributed by atoms with Crippen LogP contribution in [0.25, 0.3) is 0 Å². The molecule has 0 amide bonds. The minimum atomic E-state index is -0.410. The van der Waals surface area contributed by atoms with E-state index in [4.69, 9.17) is 25.8 Å². The van der Waals surface area contributed by atoms with Gasteiger partial charge in [-0.15, -0.1) is 11.6 Å². The van der Waals surface area contributed by atoms with Crippen LogP contribution in [0.1, 0.15) is 5.56 Å². The molecule has 0 saturated heterocycles. The van der Waals surface area contributed by atoms with Crippen molar-refractivity contribution in [1.82, 2.24) is 0 Å². The topological polar surface area (TPSA) is 27.7 Å². The molecule has 0 radical (unpaired) electrons. The monoisotopic (exact) mass is 296 g/mol. The Kier molecular flexibility index (Phi) is 4.69. The lowest BCUT2D eigenvalue weighted by atomic mass is 10.2. The molecule has 2 rings (SSSR count). The van der Waals surface area contributed by atoms with Crippen molar-refractivity contribution in [3.8, 4) is 23.0 Å². The molecule has 3 nitrogen and oxygen atoms in total. The Morgan fingerprint density at radius 1 is 1.05 bits per heavy atom. The summed E-state index contributed by atoms with van der Waals surface area (Å²) in [6.07, 6.45) is 0. The van der Waals surface area contributed by atoms with Gasteiger partial charge >= 0.3 is 0 Å². The summed E-state index contributed by atoms with van der Waals surface area (Å²) in [4.78, 5) is 0. The molecule has 106 valence electrons. The number of halogens is 2. The van der Waals surface area contributed by atoms with Gasteiger partial charge in [0, 0.05) is 11.9 Å². The van der Waals surface area contributed by atoms with Gasteiger partial charge in [0.25, 0.3) is 0 Å². The van der Waals surface area contributed by atoms with Gasteiger partial charge in [-0.3, -0.25) is 0 Å². The molecule has 20 heavy (non-hydrogen) atoms. The van der Waals surface area contributed by atoms with Crippen molar-refractivity contribution < 1.29 is 18.6 Å². The number of alkyl halides is 1. The number of para-hydroxylation sites is 1. The summed E-state index contributed by atoms with van der Waals surface area (Å²) >= 11 is 5.72. The van der Waals surface area contributed by atoms with Gasteiger partial charge in [-0.25, -0.2) is 4.39 Å². The molecular weight excluding hydrogens is 283 g/mol. The zero-order valence-corrected chi connectivity index (χ0v) is 11.9. The quantitative estimate of drug-likeness (QED) is 0.767. The van der Waals surface area contributed by atoms with Crippen LogP contribution in [-0.4, -0.2) is 14.2 Å². The molecule has 0 saturated carbocycles. The van der Waals surface area contributed by atoms with E-state index < -0.39 is 5.82 Å². The molecule has 0 spiro atoms. The first-order valence-corrected chi connectivity index (χ1v) is 6.45. The van der Waals surface area contributed by atoms with Crippen molar-refractivity contribution in [3.05, 3.63) is 47.8 Å². The van der Waals surface area contributed by atoms with Gasteiger partial charge in [-0.1, -0.05) is 6.07 Å². The Labute approximate surface area is 121 Å². The van der Waals surface area contributed by atoms with Gasteiger partial charge in [0.05, 0.1) is 14.2 Å². The van der Waals surface area contributed by atoms with Crippen LogP contribution in [0.15, 0.2) is 36.4 Å². The Balaban J connectivity index is 2.41. The fourth-order valence-electron chi connectivity index (χ4n) is 1.79. The molecule has 5 heteroatoms. The van der Waals surface area contributed by atoms with Gasteiger partial charge in [0.15, 0.2) is 11.5 Å². The summed E-state index contributed by atoms with van der Waals surface area (Å²) in [7, 11) is 3.05. The zero-order valence-electron chi connectivity index (χ0n) is 11.2. The highest BCUT2D eigenvalue weighted by Crippen LogP contribution is 2.40. The molecule has 0 fully saturated rings. The molecular formula is C15H14ClFO3. The molecule has 0 N–H and O–H groups in total. The SMILES string of the molecule is COc1cccc(OC)c1Oc1cc(F)cc(CCl)c1. The molecule has 0 bridgehead atoms. The summed E-state index contributed by atoms with van der Waals surface area (Å²) in [6.45, 7) is 0. The van der Waals surface area contributed by atoms with E-state index in [1.54, 1.807) is 24.3 Å². The minimum Gasteiger partial charge on any atom is -0.493 e. The standard InChI is InChI=1S/C15H14ClFO3/c1-18-13-4-3-5-14(19-2)15(13)20-12-7-10(9-16)6-11(17)8-12/h3-8H,9H2,1-2H3. The van der Waals surface area contributed by atoms with Crippen molar-refractivity contribution in [3.63, 3.8) is 0 Å². The van der Waals surface area contributed by atoms with Crippen molar-refractivity contribution in [2.45, 2.75) is 5.88 Å². The Morgan fingerprint density at radius 3 is 2.25 bits per heavy atom. The fourth-order valence-corrected chi connectivity index (χ4v) is 1.95. The fraction of sp³-hybridized carbons (Fsp3) is 0.200. The summed E-state index contributed by atoms with van der Waals surface area (Å²) in [5.41, 5.74) is 0.635. The summed E-state index contributed by atoms with van der Waals surface area (Å²) in [6, 6.07) is 9.56. The highest BCUT2D eigenvalue weighted by atomic mass is 35.5. The second kappa shape index (κ2) is 6.48. The van der Waals surface area contributed by atoms with Crippen LogP contribution in [0.2, 0.25) is 0 Å². The van der Waals surface area contributed by atoms with Crippen LogP contribution >= 0.6 is 11.6 Å². The number of benzene rings is 2. The van der Waals surface area contributed by atoms with E-state index in [1.165, 1.54) is 26.4 Å². The molecule has 2 aromatic rings. The minimum absolute atomic E-state index is 0.206. The molecule has 0 unspecified atom stereocenters. The van der Waals surface area contributed by atoms with E-state index >= 15 is 0 Å². The highest BCUT2D eigenvalue weighted by Gasteiger charge is 2.13. The van der Waals surface area contributed by atoms with Crippen LogP contribution in [0, 0.1) is 5.82 Å². The average molecular weight is 297 g/mol. The molecule has 0 aliphatic heterocycles. The lowest BCUT2D eigenvalue weighted by molar-refractivity contribution is 0.345. The smallest absolute Gasteiger partial charge is 0.210 e. The summed E-state index contributed by atoms with van der Waals surface area (Å²) < 4.78 is 29.6. The highest BCUT2D eigenvalue weighted by molar-refractivity contribution is 6.17. The third-order valence-corrected chi connectivity index (χ3v) is 3.00. The van der Waals surface area contributed by atoms with E-state index in [9.17, 15) is 4.39 Å². The van der Waals surface area contributed by atoms with Crippen molar-refractivity contribution in [1.29, 1.82) is 0 Å². The number of ether oxygens (including phenoxy) is 3. The molecule has 0 aliphatic carbocycles. The van der Waals surface area contributed by atoms with Crippen molar-refractivity contribution >= 4 is 11.6 Å². The first-order valence-electron chi connectivity index (χ1n) is 5.92. The normalized spacial score (nSPS) is 10.2. The van der Waals surface area contributed by atoms with Crippen molar-refractivity contribution in [2.75, 3.05) is 14.2 Å². The Hall–Kier alpha value is -1.94. The number of hydrogen-bond donors (Lipinski definition) is 0. The molecule has 0 heterocycles. The van der Waals surface area contributed by atoms with Gasteiger partial charge in [-0.05, 0) is 29.8 Å². The Bertz CT molecular complexity index is 579. The summed E-state index contributed by atoms with van der Waals surface area (Å²) in [5, 5.41) is 0. The first-order chi connectivity index (χ1) is 9.67. The van der Waals surface area contributed by atoms with Gasteiger partial charge in [0.2, 0.25) is 5.75 Å². The van der Waals surface area contributed by atoms with E-state index in [2.05, 4.69) is 0 Å². The number of hydrogen-bond acceptors (Lipinski definition) is 3. The largest absolute Gasteiger partial charge is 0.493 e. The van der Waals surface area contributed by atoms with Crippen LogP contribution in [0.4, 0.5) is 4.39 Å². The second-order valence-electron chi connectivity index (χ2n) is 4.02. The third kappa shape index (κ3) is 3.14. The average Bonchev–Trinajstić information content (AvgIpc) is 2.46. The third-order valence-electron chi connectivity index (χ3n) is 2.69. The van der Waals surface area contributed by atoms with Crippen LogP contribution in [-0.2, 0) is 5.88 Å². The molecule has 0 aromatic heterocycles.